The van der Waals surface area contributed by atoms with E-state index in [0.717, 1.165) is 33.9 Å². The van der Waals surface area contributed by atoms with Crippen LogP contribution in [0.15, 0.2) is 203 Å². The Morgan fingerprint density at radius 3 is 1.81 bits per heavy atom. The van der Waals surface area contributed by atoms with Gasteiger partial charge < -0.3 is 9.88 Å². The van der Waals surface area contributed by atoms with Gasteiger partial charge in [-0.25, -0.2) is 4.99 Å². The van der Waals surface area contributed by atoms with Crippen LogP contribution >= 0.6 is 11.8 Å². The number of nitrogens with one attached hydrogen (secondary N) is 1. The molecule has 0 aliphatic carbocycles. The van der Waals surface area contributed by atoms with Gasteiger partial charge in [0.1, 0.15) is 0 Å². The molecular weight excluding hydrogens is 713 g/mol. The van der Waals surface area contributed by atoms with Crippen LogP contribution in [0.2, 0.25) is 0 Å². The third-order valence-electron chi connectivity index (χ3n) is 11.6. The van der Waals surface area contributed by atoms with Crippen LogP contribution < -0.4 is 5.32 Å². The van der Waals surface area contributed by atoms with Gasteiger partial charge in [0, 0.05) is 43.1 Å². The molecule has 2 aromatic heterocycles. The molecule has 2 aliphatic heterocycles. The van der Waals surface area contributed by atoms with Crippen molar-refractivity contribution >= 4 is 83.4 Å². The highest BCUT2D eigenvalue weighted by atomic mass is 32.2. The number of nitrogens with zero attached hydrogens (tertiary/aromatic N) is 3. The summed E-state index contributed by atoms with van der Waals surface area (Å²) in [5.74, 6) is 0.825. The van der Waals surface area contributed by atoms with E-state index >= 15 is 0 Å². The van der Waals surface area contributed by atoms with Crippen molar-refractivity contribution in [3.05, 3.63) is 209 Å². The highest BCUT2D eigenvalue weighted by Crippen LogP contribution is 2.46. The number of para-hydroxylation sites is 2. The molecule has 1 unspecified atom stereocenters. The highest BCUT2D eigenvalue weighted by molar-refractivity contribution is 8.06. The van der Waals surface area contributed by atoms with Gasteiger partial charge in [0.15, 0.2) is 0 Å². The van der Waals surface area contributed by atoms with E-state index in [1.807, 2.05) is 0 Å². The van der Waals surface area contributed by atoms with E-state index in [2.05, 4.69) is 208 Å². The zero-order valence-electron chi connectivity index (χ0n) is 30.8. The summed E-state index contributed by atoms with van der Waals surface area (Å²) in [5.41, 5.74) is 12.8. The van der Waals surface area contributed by atoms with Gasteiger partial charge in [-0.2, -0.15) is 0 Å². The smallest absolute Gasteiger partial charge is 0.209 e. The van der Waals surface area contributed by atoms with E-state index in [-0.39, 0.29) is 6.04 Å². The fraction of sp³-hybridized carbons (Fsp3) is 0.0192. The van der Waals surface area contributed by atoms with E-state index < -0.39 is 0 Å². The lowest BCUT2D eigenvalue weighted by Gasteiger charge is -2.28. The van der Waals surface area contributed by atoms with Gasteiger partial charge in [0.25, 0.3) is 0 Å². The lowest BCUT2D eigenvalue weighted by Crippen LogP contribution is -2.41. The van der Waals surface area contributed by atoms with Gasteiger partial charge >= 0.3 is 0 Å². The van der Waals surface area contributed by atoms with Crippen LogP contribution in [-0.2, 0) is 0 Å². The first-order valence-electron chi connectivity index (χ1n) is 19.4. The van der Waals surface area contributed by atoms with Crippen molar-refractivity contribution in [1.29, 1.82) is 0 Å². The lowest BCUT2D eigenvalue weighted by molar-refractivity contribution is 0.848. The molecule has 1 N–H and O–H groups in total. The first-order chi connectivity index (χ1) is 28.3. The third-order valence-corrected chi connectivity index (χ3v) is 12.7. The van der Waals surface area contributed by atoms with Crippen molar-refractivity contribution in [3.8, 4) is 16.8 Å². The Hall–Kier alpha value is -7.08. The standard InChI is InChI=1S/C52H34N4S/c1-4-14-33(15-5-1)44-32-57-51-48(35-17-6-2-7-18-35)53-52(54-49(44)51)56-47-29-26-37(31-43(47)41-27-24-34-16-10-11-21-39(34)50(41)56)36-25-28-46-42(30-36)40-22-12-13-23-45(40)55(46)38-19-8-3-9-20-38/h1-32,49H,(H,53,54). The number of rotatable bonds is 4. The maximum atomic E-state index is 5.54. The van der Waals surface area contributed by atoms with Crippen molar-refractivity contribution in [1.82, 2.24) is 14.5 Å². The summed E-state index contributed by atoms with van der Waals surface area (Å²) in [6.45, 7) is 0. The molecule has 0 radical (unpaired) electrons. The Bertz CT molecular complexity index is 3330. The van der Waals surface area contributed by atoms with Gasteiger partial charge in [0.05, 0.1) is 33.8 Å². The van der Waals surface area contributed by atoms with E-state index in [1.54, 1.807) is 11.8 Å². The van der Waals surface area contributed by atoms with E-state index in [1.165, 1.54) is 70.5 Å². The second-order valence-corrected chi connectivity index (χ2v) is 15.7. The lowest BCUT2D eigenvalue weighted by atomic mass is 9.97. The Labute approximate surface area is 333 Å². The Morgan fingerprint density at radius 1 is 0.456 bits per heavy atom. The van der Waals surface area contributed by atoms with Crippen molar-refractivity contribution in [2.24, 2.45) is 4.99 Å². The monoisotopic (exact) mass is 746 g/mol. The molecule has 4 nitrogen and oxygen atoms in total. The summed E-state index contributed by atoms with van der Waals surface area (Å²) in [6.07, 6.45) is 0. The third kappa shape index (κ3) is 4.99. The molecule has 1 atom stereocenters. The molecule has 0 saturated heterocycles. The number of fused-ring (bicyclic) bond motifs is 9. The minimum Gasteiger partial charge on any atom is -0.344 e. The van der Waals surface area contributed by atoms with E-state index in [4.69, 9.17) is 4.99 Å². The molecule has 10 aromatic rings. The van der Waals surface area contributed by atoms with Crippen LogP contribution in [0.5, 0.6) is 0 Å². The van der Waals surface area contributed by atoms with Crippen molar-refractivity contribution < 1.29 is 0 Å². The molecule has 0 amide bonds. The molecular formula is C52H34N4S. The molecule has 5 heteroatoms. The zero-order chi connectivity index (χ0) is 37.5. The Kier molecular flexibility index (Phi) is 7.19. The normalized spacial score (nSPS) is 15.4. The van der Waals surface area contributed by atoms with E-state index in [0.29, 0.717) is 0 Å². The SMILES string of the molecule is C1=C(c2ccccc2)C2NC(n3c4ccc(-c5ccc6c(c5)c5ccccc5n6-c5ccccc5)cc4c4ccc5ccccc5c43)=NC(c3ccccc3)=C2S1. The number of hydrogen-bond donors (Lipinski definition) is 1. The number of thioether (sulfide) groups is 1. The molecule has 0 saturated carbocycles. The summed E-state index contributed by atoms with van der Waals surface area (Å²) in [6, 6.07) is 67.9. The highest BCUT2D eigenvalue weighted by Gasteiger charge is 2.35. The maximum Gasteiger partial charge on any atom is 0.209 e. The molecule has 4 heterocycles. The zero-order valence-corrected chi connectivity index (χ0v) is 31.6. The summed E-state index contributed by atoms with van der Waals surface area (Å²) in [5, 5.41) is 13.6. The molecule has 0 spiro atoms. The summed E-state index contributed by atoms with van der Waals surface area (Å²) >= 11 is 1.78. The van der Waals surface area contributed by atoms with Crippen LogP contribution in [0.1, 0.15) is 11.1 Å². The molecule has 2 aliphatic rings. The number of hydrogen-bond acceptors (Lipinski definition) is 3. The second-order valence-electron chi connectivity index (χ2n) is 14.8. The van der Waals surface area contributed by atoms with Gasteiger partial charge in [-0.05, 0) is 75.5 Å². The molecule has 0 bridgehead atoms. The Balaban J connectivity index is 1.07. The summed E-state index contributed by atoms with van der Waals surface area (Å²) < 4.78 is 4.75. The van der Waals surface area contributed by atoms with Crippen LogP contribution in [-0.4, -0.2) is 21.1 Å². The molecule has 8 aromatic carbocycles. The van der Waals surface area contributed by atoms with Crippen molar-refractivity contribution in [3.63, 3.8) is 0 Å². The van der Waals surface area contributed by atoms with Crippen molar-refractivity contribution in [2.75, 3.05) is 0 Å². The second kappa shape index (κ2) is 12.7. The average Bonchev–Trinajstić information content (AvgIpc) is 3.97. The summed E-state index contributed by atoms with van der Waals surface area (Å²) in [4.78, 5) is 6.76. The minimum atomic E-state index is -0.0356. The van der Waals surface area contributed by atoms with Crippen LogP contribution in [0, 0.1) is 0 Å². The number of benzene rings is 8. The Morgan fingerprint density at radius 2 is 1.05 bits per heavy atom. The molecule has 0 fully saturated rings. The fourth-order valence-corrected chi connectivity index (χ4v) is 10.2. The quantitative estimate of drug-likeness (QED) is 0.195. The predicted molar refractivity (Wildman–Crippen MR) is 242 cm³/mol. The van der Waals surface area contributed by atoms with Gasteiger partial charge in [0.2, 0.25) is 5.96 Å². The van der Waals surface area contributed by atoms with Gasteiger partial charge in [-0.3, -0.25) is 4.57 Å². The van der Waals surface area contributed by atoms with Gasteiger partial charge in [-0.1, -0.05) is 157 Å². The maximum absolute atomic E-state index is 5.54. The topological polar surface area (TPSA) is 34.2 Å². The fourth-order valence-electron chi connectivity index (χ4n) is 9.03. The number of aliphatic imine (C=N–C) groups is 1. The van der Waals surface area contributed by atoms with Crippen LogP contribution in [0.4, 0.5) is 0 Å². The number of aromatic nitrogens is 2. The minimum absolute atomic E-state index is 0.0356. The summed E-state index contributed by atoms with van der Waals surface area (Å²) in [7, 11) is 0. The molecule has 268 valence electrons. The molecule has 57 heavy (non-hydrogen) atoms. The van der Waals surface area contributed by atoms with Crippen LogP contribution in [0.3, 0.4) is 0 Å². The predicted octanol–water partition coefficient (Wildman–Crippen LogP) is 13.0. The largest absolute Gasteiger partial charge is 0.344 e. The first kappa shape index (κ1) is 32.2. The van der Waals surface area contributed by atoms with E-state index in [9.17, 15) is 0 Å². The molecule has 12 rings (SSSR count). The average molecular weight is 747 g/mol. The van der Waals surface area contributed by atoms with Gasteiger partial charge in [-0.15, -0.1) is 0 Å². The van der Waals surface area contributed by atoms with Crippen molar-refractivity contribution in [2.45, 2.75) is 6.04 Å². The van der Waals surface area contributed by atoms with Crippen LogP contribution in [0.25, 0.3) is 82.5 Å². The first-order valence-corrected chi connectivity index (χ1v) is 20.3.